The maximum Gasteiger partial charge on any atom is 0.199 e. The number of anilines is 1. The molecule has 3 aromatic rings. The van der Waals surface area contributed by atoms with Crippen molar-refractivity contribution in [1.82, 2.24) is 9.97 Å². The van der Waals surface area contributed by atoms with Gasteiger partial charge in [0.1, 0.15) is 22.3 Å². The minimum Gasteiger partial charge on any atom is -0.497 e. The van der Waals surface area contributed by atoms with Gasteiger partial charge in [0, 0.05) is 30.2 Å². The zero-order chi connectivity index (χ0) is 19.6. The maximum atomic E-state index is 13.0. The molecule has 3 rings (SSSR count). The average molecular weight is 402 g/mol. The Hall–Kier alpha value is -2.63. The highest BCUT2D eigenvalue weighted by Gasteiger charge is 2.23. The molecule has 0 aliphatic rings. The minimum absolute atomic E-state index is 0.0967. The zero-order valence-electron chi connectivity index (χ0n) is 15.0. The second-order valence-electron chi connectivity index (χ2n) is 6.00. The Morgan fingerprint density at radius 2 is 1.59 bits per heavy atom. The van der Waals surface area contributed by atoms with Gasteiger partial charge < -0.3 is 9.64 Å². The number of benzene rings is 2. The Bertz CT molecular complexity index is 972. The molecular formula is C20H17Cl2N3O2. The molecular weight excluding hydrogens is 385 g/mol. The van der Waals surface area contributed by atoms with E-state index < -0.39 is 0 Å². The molecule has 0 radical (unpaired) electrons. The SMILES string of the molecule is COc1ccc(-c2nc(Cl)c(C(=O)c3ccc(Cl)cc3)c(N(C)C)n2)cc1. The highest BCUT2D eigenvalue weighted by Crippen LogP contribution is 2.30. The smallest absolute Gasteiger partial charge is 0.199 e. The lowest BCUT2D eigenvalue weighted by Crippen LogP contribution is -2.18. The van der Waals surface area contributed by atoms with Crippen LogP contribution in [0.3, 0.4) is 0 Å². The Labute approximate surface area is 167 Å². The third-order valence-corrected chi connectivity index (χ3v) is 4.48. The van der Waals surface area contributed by atoms with E-state index in [-0.39, 0.29) is 16.5 Å². The Morgan fingerprint density at radius 3 is 2.15 bits per heavy atom. The summed E-state index contributed by atoms with van der Waals surface area (Å²) in [7, 11) is 5.20. The van der Waals surface area contributed by atoms with Crippen LogP contribution in [0.1, 0.15) is 15.9 Å². The van der Waals surface area contributed by atoms with Crippen molar-refractivity contribution in [3.63, 3.8) is 0 Å². The van der Waals surface area contributed by atoms with Crippen molar-refractivity contribution in [2.75, 3.05) is 26.1 Å². The molecule has 0 unspecified atom stereocenters. The molecule has 27 heavy (non-hydrogen) atoms. The number of hydrogen-bond donors (Lipinski definition) is 0. The lowest BCUT2D eigenvalue weighted by Gasteiger charge is -2.18. The first-order valence-electron chi connectivity index (χ1n) is 8.10. The summed E-state index contributed by atoms with van der Waals surface area (Å²) in [5, 5.41) is 0.649. The second kappa shape index (κ2) is 7.94. The summed E-state index contributed by atoms with van der Waals surface area (Å²) in [6, 6.07) is 13.9. The first-order chi connectivity index (χ1) is 12.9. The van der Waals surface area contributed by atoms with Gasteiger partial charge in [-0.3, -0.25) is 4.79 Å². The zero-order valence-corrected chi connectivity index (χ0v) is 16.5. The third kappa shape index (κ3) is 4.04. The number of carbonyl (C=O) groups is 1. The normalized spacial score (nSPS) is 10.6. The van der Waals surface area contributed by atoms with Crippen molar-refractivity contribution in [2.45, 2.75) is 0 Å². The van der Waals surface area contributed by atoms with Crippen LogP contribution in [0.4, 0.5) is 5.82 Å². The molecule has 0 spiro atoms. The largest absolute Gasteiger partial charge is 0.497 e. The molecule has 0 saturated heterocycles. The molecule has 5 nitrogen and oxygen atoms in total. The van der Waals surface area contributed by atoms with Gasteiger partial charge in [-0.15, -0.1) is 0 Å². The van der Waals surface area contributed by atoms with E-state index in [0.717, 1.165) is 11.3 Å². The number of methoxy groups -OCH3 is 1. The first kappa shape index (κ1) is 19.1. The van der Waals surface area contributed by atoms with Crippen LogP contribution in [-0.2, 0) is 0 Å². The van der Waals surface area contributed by atoms with Gasteiger partial charge in [-0.05, 0) is 48.5 Å². The van der Waals surface area contributed by atoms with Crippen LogP contribution in [0.25, 0.3) is 11.4 Å². The number of nitrogens with zero attached hydrogens (tertiary/aromatic N) is 3. The molecule has 138 valence electrons. The molecule has 0 fully saturated rings. The van der Waals surface area contributed by atoms with Crippen LogP contribution < -0.4 is 9.64 Å². The van der Waals surface area contributed by atoms with Gasteiger partial charge in [-0.1, -0.05) is 23.2 Å². The maximum absolute atomic E-state index is 13.0. The number of aromatic nitrogens is 2. The summed E-state index contributed by atoms with van der Waals surface area (Å²) in [6.45, 7) is 0. The Balaban J connectivity index is 2.09. The van der Waals surface area contributed by atoms with Gasteiger partial charge in [-0.25, -0.2) is 9.97 Å². The molecule has 0 atom stereocenters. The van der Waals surface area contributed by atoms with E-state index in [4.69, 9.17) is 27.9 Å². The van der Waals surface area contributed by atoms with Gasteiger partial charge in [0.2, 0.25) is 0 Å². The van der Waals surface area contributed by atoms with Crippen molar-refractivity contribution >= 4 is 34.8 Å². The second-order valence-corrected chi connectivity index (χ2v) is 6.79. The van der Waals surface area contributed by atoms with Gasteiger partial charge in [0.05, 0.1) is 7.11 Å². The highest BCUT2D eigenvalue weighted by molar-refractivity contribution is 6.35. The van der Waals surface area contributed by atoms with Crippen LogP contribution >= 0.6 is 23.2 Å². The molecule has 1 aromatic heterocycles. The van der Waals surface area contributed by atoms with E-state index in [0.29, 0.717) is 22.2 Å². The molecule has 7 heteroatoms. The fraction of sp³-hybridized carbons (Fsp3) is 0.150. The van der Waals surface area contributed by atoms with E-state index in [1.807, 2.05) is 24.3 Å². The van der Waals surface area contributed by atoms with Crippen LogP contribution in [-0.4, -0.2) is 37.0 Å². The summed E-state index contributed by atoms with van der Waals surface area (Å²) >= 11 is 12.3. The van der Waals surface area contributed by atoms with Crippen molar-refractivity contribution in [3.05, 3.63) is 69.8 Å². The quantitative estimate of drug-likeness (QED) is 0.455. The highest BCUT2D eigenvalue weighted by atomic mass is 35.5. The predicted molar refractivity (Wildman–Crippen MR) is 108 cm³/mol. The van der Waals surface area contributed by atoms with E-state index in [2.05, 4.69) is 9.97 Å². The predicted octanol–water partition coefficient (Wildman–Crippen LogP) is 4.76. The average Bonchev–Trinajstić information content (AvgIpc) is 2.67. The van der Waals surface area contributed by atoms with Crippen molar-refractivity contribution in [1.29, 1.82) is 0 Å². The summed E-state index contributed by atoms with van der Waals surface area (Å²) in [6.07, 6.45) is 0. The lowest BCUT2D eigenvalue weighted by atomic mass is 10.0. The molecule has 1 heterocycles. The third-order valence-electron chi connectivity index (χ3n) is 3.95. The number of rotatable bonds is 5. The summed E-state index contributed by atoms with van der Waals surface area (Å²) in [4.78, 5) is 23.6. The number of carbonyl (C=O) groups excluding carboxylic acids is 1. The van der Waals surface area contributed by atoms with Crippen molar-refractivity contribution in [3.8, 4) is 17.1 Å². The molecule has 0 aliphatic carbocycles. The fourth-order valence-electron chi connectivity index (χ4n) is 2.56. The number of halogens is 2. The summed E-state index contributed by atoms with van der Waals surface area (Å²) in [5.74, 6) is 1.34. The number of hydrogen-bond acceptors (Lipinski definition) is 5. The van der Waals surface area contributed by atoms with E-state index in [1.54, 1.807) is 50.4 Å². The van der Waals surface area contributed by atoms with Crippen molar-refractivity contribution < 1.29 is 9.53 Å². The lowest BCUT2D eigenvalue weighted by molar-refractivity contribution is 0.103. The van der Waals surface area contributed by atoms with Crippen LogP contribution in [0.15, 0.2) is 48.5 Å². The molecule has 2 aromatic carbocycles. The molecule has 0 N–H and O–H groups in total. The molecule has 0 amide bonds. The van der Waals surface area contributed by atoms with Crippen LogP contribution in [0.5, 0.6) is 5.75 Å². The Morgan fingerprint density at radius 1 is 0.963 bits per heavy atom. The van der Waals surface area contributed by atoms with E-state index in [9.17, 15) is 4.79 Å². The van der Waals surface area contributed by atoms with Gasteiger partial charge in [0.25, 0.3) is 0 Å². The monoisotopic (exact) mass is 401 g/mol. The Kier molecular flexibility index (Phi) is 5.63. The van der Waals surface area contributed by atoms with Gasteiger partial charge in [-0.2, -0.15) is 0 Å². The van der Waals surface area contributed by atoms with Crippen molar-refractivity contribution in [2.24, 2.45) is 0 Å². The number of ether oxygens (including phenoxy) is 1. The first-order valence-corrected chi connectivity index (χ1v) is 8.86. The summed E-state index contributed by atoms with van der Waals surface area (Å²) < 4.78 is 5.17. The standard InChI is InChI=1S/C20H17Cl2N3O2/c1-25(2)20-16(17(26)12-4-8-14(21)9-5-12)18(22)23-19(24-20)13-6-10-15(27-3)11-7-13/h4-11H,1-3H3. The minimum atomic E-state index is -0.262. The van der Waals surface area contributed by atoms with Crippen LogP contribution in [0, 0.1) is 0 Å². The number of ketones is 1. The molecule has 0 aliphatic heterocycles. The van der Waals surface area contributed by atoms with Crippen LogP contribution in [0.2, 0.25) is 10.2 Å². The topological polar surface area (TPSA) is 55.3 Å². The molecule has 0 bridgehead atoms. The summed E-state index contributed by atoms with van der Waals surface area (Å²) in [5.41, 5.74) is 1.48. The fourth-order valence-corrected chi connectivity index (χ4v) is 2.93. The molecule has 0 saturated carbocycles. The van der Waals surface area contributed by atoms with E-state index >= 15 is 0 Å². The van der Waals surface area contributed by atoms with E-state index in [1.165, 1.54) is 0 Å². The van der Waals surface area contributed by atoms with Gasteiger partial charge >= 0.3 is 0 Å². The van der Waals surface area contributed by atoms with Gasteiger partial charge in [0.15, 0.2) is 11.6 Å².